The lowest BCUT2D eigenvalue weighted by Crippen LogP contribution is -2.47. The van der Waals surface area contributed by atoms with Crippen molar-refractivity contribution < 1.29 is 31.4 Å². The Hall–Kier alpha value is -3.42. The van der Waals surface area contributed by atoms with Gasteiger partial charge in [0.15, 0.2) is 9.84 Å². The Morgan fingerprint density at radius 1 is 0.844 bits per heavy atom. The van der Waals surface area contributed by atoms with Crippen LogP contribution in [0.2, 0.25) is 0 Å². The molecule has 0 bridgehead atoms. The molecule has 0 N–H and O–H groups in total. The summed E-state index contributed by atoms with van der Waals surface area (Å²) in [6.07, 6.45) is -3.79. The van der Waals surface area contributed by atoms with E-state index in [0.717, 1.165) is 24.5 Å². The molecule has 3 rings (SSSR count). The Morgan fingerprint density at radius 3 is 1.69 bits per heavy atom. The number of benzene rings is 2. The van der Waals surface area contributed by atoms with Crippen LogP contribution in [-0.2, 0) is 16.0 Å². The second-order valence-corrected chi connectivity index (χ2v) is 9.13. The molecule has 1 heterocycles. The fourth-order valence-corrected chi connectivity index (χ4v) is 4.09. The number of sulfone groups is 1. The Labute approximate surface area is 180 Å². The molecule has 10 nitrogen and oxygen atoms in total. The summed E-state index contributed by atoms with van der Waals surface area (Å²) >= 11 is 0. The minimum atomic E-state index is -4.72. The van der Waals surface area contributed by atoms with Crippen LogP contribution in [0.25, 0.3) is 0 Å². The fraction of sp³-hybridized carbons (Fsp3) is 0.333. The van der Waals surface area contributed by atoms with Crippen molar-refractivity contribution in [2.24, 2.45) is 0 Å². The molecule has 0 unspecified atom stereocenters. The number of nitro groups is 2. The first kappa shape index (κ1) is 23.2. The number of rotatable bonds is 5. The van der Waals surface area contributed by atoms with Crippen LogP contribution < -0.4 is 9.80 Å². The third kappa shape index (κ3) is 4.74. The molecule has 1 saturated heterocycles. The lowest BCUT2D eigenvalue weighted by atomic mass is 10.1. The zero-order chi connectivity index (χ0) is 23.8. The van der Waals surface area contributed by atoms with Gasteiger partial charge in [-0.25, -0.2) is 8.42 Å². The van der Waals surface area contributed by atoms with Crippen molar-refractivity contribution in [1.29, 1.82) is 0 Å². The molecule has 1 aliphatic heterocycles. The van der Waals surface area contributed by atoms with E-state index in [1.807, 2.05) is 0 Å². The van der Waals surface area contributed by atoms with Crippen molar-refractivity contribution in [2.45, 2.75) is 11.1 Å². The van der Waals surface area contributed by atoms with Crippen LogP contribution in [0.5, 0.6) is 0 Å². The van der Waals surface area contributed by atoms with E-state index < -0.39 is 42.8 Å². The number of hydrogen-bond acceptors (Lipinski definition) is 8. The molecule has 2 aromatic carbocycles. The minimum absolute atomic E-state index is 0.0181. The molecular formula is C18H17F3N4O6S. The molecule has 1 fully saturated rings. The number of piperazine rings is 1. The molecule has 0 aromatic heterocycles. The van der Waals surface area contributed by atoms with Crippen LogP contribution in [0.3, 0.4) is 0 Å². The maximum absolute atomic E-state index is 12.9. The molecule has 0 amide bonds. The highest BCUT2D eigenvalue weighted by Crippen LogP contribution is 2.37. The predicted octanol–water partition coefficient (Wildman–Crippen LogP) is 3.25. The number of nitrogens with zero attached hydrogens (tertiary/aromatic N) is 4. The van der Waals surface area contributed by atoms with Gasteiger partial charge < -0.3 is 9.80 Å². The van der Waals surface area contributed by atoms with E-state index in [1.165, 1.54) is 17.0 Å². The van der Waals surface area contributed by atoms with Gasteiger partial charge in [0.1, 0.15) is 11.4 Å². The second-order valence-electron chi connectivity index (χ2n) is 7.11. The van der Waals surface area contributed by atoms with Crippen LogP contribution in [0.15, 0.2) is 41.3 Å². The number of hydrogen-bond donors (Lipinski definition) is 0. The standard InChI is InChI=1S/C18H17F3N4O6S/c1-32(30,31)13-3-5-15(17(11-13)25(28)29)23-8-6-22(7-9-23)14-4-2-12(18(19,20)21)10-16(14)24(26)27/h2-5,10-11H,6-9H2,1H3. The Bertz CT molecular complexity index is 1180. The molecule has 0 aliphatic carbocycles. The predicted molar refractivity (Wildman–Crippen MR) is 109 cm³/mol. The number of halogens is 3. The highest BCUT2D eigenvalue weighted by atomic mass is 32.2. The van der Waals surface area contributed by atoms with Gasteiger partial charge in [-0.1, -0.05) is 0 Å². The minimum Gasteiger partial charge on any atom is -0.362 e. The van der Waals surface area contributed by atoms with E-state index in [2.05, 4.69) is 0 Å². The second kappa shape index (κ2) is 8.26. The highest BCUT2D eigenvalue weighted by Gasteiger charge is 2.34. The average molecular weight is 474 g/mol. The maximum atomic E-state index is 12.9. The van der Waals surface area contributed by atoms with Gasteiger partial charge in [-0.15, -0.1) is 0 Å². The van der Waals surface area contributed by atoms with E-state index in [4.69, 9.17) is 0 Å². The van der Waals surface area contributed by atoms with E-state index in [1.54, 1.807) is 4.90 Å². The van der Waals surface area contributed by atoms with Crippen molar-refractivity contribution in [2.75, 3.05) is 42.2 Å². The van der Waals surface area contributed by atoms with Gasteiger partial charge in [0.25, 0.3) is 11.4 Å². The number of nitro benzene ring substituents is 2. The molecule has 0 spiro atoms. The molecule has 0 radical (unpaired) electrons. The summed E-state index contributed by atoms with van der Waals surface area (Å²) in [5, 5.41) is 22.8. The van der Waals surface area contributed by atoms with Crippen molar-refractivity contribution in [3.8, 4) is 0 Å². The van der Waals surface area contributed by atoms with Gasteiger partial charge in [-0.05, 0) is 24.3 Å². The first-order valence-corrected chi connectivity index (χ1v) is 11.0. The first-order valence-electron chi connectivity index (χ1n) is 9.13. The largest absolute Gasteiger partial charge is 0.416 e. The number of anilines is 2. The van der Waals surface area contributed by atoms with Crippen LogP contribution in [-0.4, -0.2) is 50.7 Å². The molecule has 0 atom stereocenters. The monoisotopic (exact) mass is 474 g/mol. The van der Waals surface area contributed by atoms with Gasteiger partial charge in [0, 0.05) is 44.6 Å². The van der Waals surface area contributed by atoms with E-state index in [9.17, 15) is 41.8 Å². The van der Waals surface area contributed by atoms with E-state index >= 15 is 0 Å². The van der Waals surface area contributed by atoms with Crippen molar-refractivity contribution in [1.82, 2.24) is 0 Å². The van der Waals surface area contributed by atoms with E-state index in [-0.39, 0.29) is 42.4 Å². The zero-order valence-corrected chi connectivity index (χ0v) is 17.4. The molecule has 0 saturated carbocycles. The van der Waals surface area contributed by atoms with Crippen LogP contribution >= 0.6 is 0 Å². The third-order valence-corrected chi connectivity index (χ3v) is 6.14. The molecular weight excluding hydrogens is 457 g/mol. The topological polar surface area (TPSA) is 127 Å². The highest BCUT2D eigenvalue weighted by molar-refractivity contribution is 7.90. The summed E-state index contributed by atoms with van der Waals surface area (Å²) in [6, 6.07) is 5.84. The fourth-order valence-electron chi connectivity index (χ4n) is 3.45. The summed E-state index contributed by atoms with van der Waals surface area (Å²) in [5.74, 6) is 0. The first-order chi connectivity index (χ1) is 14.8. The third-order valence-electron chi connectivity index (χ3n) is 5.03. The maximum Gasteiger partial charge on any atom is 0.416 e. The van der Waals surface area contributed by atoms with Gasteiger partial charge >= 0.3 is 6.18 Å². The van der Waals surface area contributed by atoms with Gasteiger partial charge in [-0.2, -0.15) is 13.2 Å². The molecule has 14 heteroatoms. The summed E-state index contributed by atoms with van der Waals surface area (Å²) in [7, 11) is -3.65. The molecule has 2 aromatic rings. The van der Waals surface area contributed by atoms with Crippen molar-refractivity contribution >= 4 is 32.6 Å². The van der Waals surface area contributed by atoms with Gasteiger partial charge in [0.2, 0.25) is 0 Å². The van der Waals surface area contributed by atoms with E-state index in [0.29, 0.717) is 6.07 Å². The van der Waals surface area contributed by atoms with Crippen molar-refractivity contribution in [3.05, 3.63) is 62.2 Å². The van der Waals surface area contributed by atoms with Crippen LogP contribution in [0.1, 0.15) is 5.56 Å². The smallest absolute Gasteiger partial charge is 0.362 e. The average Bonchev–Trinajstić information content (AvgIpc) is 2.71. The van der Waals surface area contributed by atoms with Crippen LogP contribution in [0, 0.1) is 20.2 Å². The molecule has 172 valence electrons. The quantitative estimate of drug-likeness (QED) is 0.477. The van der Waals surface area contributed by atoms with Crippen molar-refractivity contribution in [3.63, 3.8) is 0 Å². The summed E-state index contributed by atoms with van der Waals surface area (Å²) in [6.45, 7) is 0.656. The SMILES string of the molecule is CS(=O)(=O)c1ccc(N2CCN(c3ccc(C(F)(F)F)cc3[N+](=O)[O-])CC2)c([N+](=O)[O-])c1. The molecule has 32 heavy (non-hydrogen) atoms. The zero-order valence-electron chi connectivity index (χ0n) is 16.6. The lowest BCUT2D eigenvalue weighted by Gasteiger charge is -2.36. The van der Waals surface area contributed by atoms with Crippen LogP contribution in [0.4, 0.5) is 35.9 Å². The Kier molecular flexibility index (Phi) is 6.00. The summed E-state index contributed by atoms with van der Waals surface area (Å²) in [4.78, 5) is 24.2. The van der Waals surface area contributed by atoms with Gasteiger partial charge in [-0.3, -0.25) is 20.2 Å². The number of alkyl halides is 3. The summed E-state index contributed by atoms with van der Waals surface area (Å²) < 4.78 is 62.1. The summed E-state index contributed by atoms with van der Waals surface area (Å²) in [5.41, 5.74) is -2.01. The lowest BCUT2D eigenvalue weighted by molar-refractivity contribution is -0.384. The Morgan fingerprint density at radius 2 is 1.28 bits per heavy atom. The molecule has 1 aliphatic rings. The normalized spacial score (nSPS) is 15.0. The Balaban J connectivity index is 1.86. The van der Waals surface area contributed by atoms with Gasteiger partial charge in [0.05, 0.1) is 20.3 Å².